The smallest absolute Gasteiger partial charge is 0.262 e. The molecule has 94 valence electrons. The van der Waals surface area contributed by atoms with E-state index in [1.807, 2.05) is 6.92 Å². The monoisotopic (exact) mass is 265 g/mol. The zero-order valence-electron chi connectivity index (χ0n) is 9.78. The van der Waals surface area contributed by atoms with Gasteiger partial charge in [0.2, 0.25) is 0 Å². The molecule has 0 amide bonds. The van der Waals surface area contributed by atoms with E-state index in [4.69, 9.17) is 15.4 Å². The summed E-state index contributed by atoms with van der Waals surface area (Å²) >= 11 is 1.16. The van der Waals surface area contributed by atoms with Gasteiger partial charge in [-0.15, -0.1) is 5.10 Å². The van der Waals surface area contributed by atoms with Gasteiger partial charge in [-0.2, -0.15) is 5.10 Å². The fourth-order valence-electron chi connectivity index (χ4n) is 1.35. The number of oxime groups is 1. The maximum atomic E-state index is 8.82. The number of rotatable bonds is 3. The number of hydrogen-bond acceptors (Lipinski definition) is 7. The lowest BCUT2D eigenvalue weighted by Crippen LogP contribution is -2.18. The molecule has 2 aromatic rings. The average Bonchev–Trinajstić information content (AvgIpc) is 2.86. The molecule has 2 rings (SSSR count). The molecule has 18 heavy (non-hydrogen) atoms. The van der Waals surface area contributed by atoms with Crippen LogP contribution in [0, 0.1) is 13.8 Å². The minimum Gasteiger partial charge on any atom is -0.440 e. The summed E-state index contributed by atoms with van der Waals surface area (Å²) in [6.45, 7) is 3.63. The van der Waals surface area contributed by atoms with Crippen LogP contribution in [0.1, 0.15) is 16.8 Å². The van der Waals surface area contributed by atoms with Gasteiger partial charge in [-0.1, -0.05) is 5.16 Å². The largest absolute Gasteiger partial charge is 0.440 e. The Morgan fingerprint density at radius 1 is 1.44 bits per heavy atom. The molecule has 0 fully saturated rings. The van der Waals surface area contributed by atoms with Gasteiger partial charge in [0, 0.05) is 0 Å². The zero-order chi connectivity index (χ0) is 13.1. The molecule has 0 aromatic carbocycles. The first kappa shape index (κ1) is 12.4. The number of oxazole rings is 1. The molecule has 0 bridgehead atoms. The molecule has 0 atom stereocenters. The number of nitrogens with zero attached hydrogens (tertiary/aromatic N) is 4. The van der Waals surface area contributed by atoms with Crippen LogP contribution in [0.3, 0.4) is 0 Å². The van der Waals surface area contributed by atoms with Gasteiger partial charge in [0.1, 0.15) is 11.3 Å². The lowest BCUT2D eigenvalue weighted by Gasteiger charge is -2.09. The highest BCUT2D eigenvalue weighted by Gasteiger charge is 2.17. The summed E-state index contributed by atoms with van der Waals surface area (Å²) < 4.78 is 5.12. The van der Waals surface area contributed by atoms with Crippen molar-refractivity contribution in [2.24, 2.45) is 10.9 Å². The van der Waals surface area contributed by atoms with E-state index < -0.39 is 0 Å². The van der Waals surface area contributed by atoms with E-state index in [1.165, 1.54) is 12.5 Å². The standard InChI is InChI=1S/C10H11N5O2S/c1-5-6(2)13-14-9(7(5)8(11)15-16)18-10-12-3-4-17-10/h3-4,16H,1-2H3,(H2,11,15). The quantitative estimate of drug-likeness (QED) is 0.372. The molecule has 2 aromatic heterocycles. The Hall–Kier alpha value is -2.09. The predicted molar refractivity (Wildman–Crippen MR) is 64.6 cm³/mol. The van der Waals surface area contributed by atoms with Crippen LogP contribution in [0.15, 0.2) is 32.3 Å². The van der Waals surface area contributed by atoms with Crippen molar-refractivity contribution in [2.45, 2.75) is 24.1 Å². The second-order valence-corrected chi connectivity index (χ2v) is 4.42. The molecule has 0 aliphatic rings. The zero-order valence-corrected chi connectivity index (χ0v) is 10.6. The van der Waals surface area contributed by atoms with Crippen molar-refractivity contribution in [3.05, 3.63) is 29.3 Å². The van der Waals surface area contributed by atoms with E-state index in [9.17, 15) is 0 Å². The average molecular weight is 265 g/mol. The Balaban J connectivity index is 2.50. The van der Waals surface area contributed by atoms with Gasteiger partial charge < -0.3 is 15.4 Å². The highest BCUT2D eigenvalue weighted by atomic mass is 32.2. The maximum Gasteiger partial charge on any atom is 0.262 e. The van der Waals surface area contributed by atoms with Crippen LogP contribution in [0.5, 0.6) is 0 Å². The summed E-state index contributed by atoms with van der Waals surface area (Å²) in [4.78, 5) is 3.98. The molecule has 0 saturated carbocycles. The topological polar surface area (TPSA) is 110 Å². The fourth-order valence-corrected chi connectivity index (χ4v) is 2.18. The maximum absolute atomic E-state index is 8.82. The summed E-state index contributed by atoms with van der Waals surface area (Å²) in [6, 6.07) is 0. The summed E-state index contributed by atoms with van der Waals surface area (Å²) in [5.74, 6) is -0.0143. The van der Waals surface area contributed by atoms with E-state index >= 15 is 0 Å². The van der Waals surface area contributed by atoms with Gasteiger partial charge >= 0.3 is 0 Å². The Morgan fingerprint density at radius 3 is 2.83 bits per heavy atom. The van der Waals surface area contributed by atoms with E-state index in [-0.39, 0.29) is 5.84 Å². The number of amidine groups is 1. The highest BCUT2D eigenvalue weighted by molar-refractivity contribution is 7.99. The van der Waals surface area contributed by atoms with Crippen molar-refractivity contribution >= 4 is 17.6 Å². The molecule has 3 N–H and O–H groups in total. The lowest BCUT2D eigenvalue weighted by atomic mass is 10.1. The SMILES string of the molecule is Cc1nnc(Sc2ncco2)c(/C(N)=N/O)c1C. The van der Waals surface area contributed by atoms with Gasteiger partial charge in [-0.25, -0.2) is 4.98 Å². The first-order chi connectivity index (χ1) is 8.63. The van der Waals surface area contributed by atoms with Crippen LogP contribution >= 0.6 is 11.8 Å². The van der Waals surface area contributed by atoms with Gasteiger partial charge in [0.15, 0.2) is 5.84 Å². The highest BCUT2D eigenvalue weighted by Crippen LogP contribution is 2.29. The summed E-state index contributed by atoms with van der Waals surface area (Å²) in [7, 11) is 0. The molecule has 0 radical (unpaired) electrons. The summed E-state index contributed by atoms with van der Waals surface area (Å²) in [5, 5.41) is 20.8. The third kappa shape index (κ3) is 2.28. The molecule has 2 heterocycles. The minimum atomic E-state index is -0.0143. The second kappa shape index (κ2) is 5.05. The van der Waals surface area contributed by atoms with Gasteiger partial charge in [-0.3, -0.25) is 0 Å². The Bertz CT molecular complexity index is 582. The molecular formula is C10H11N5O2S. The van der Waals surface area contributed by atoms with E-state index in [0.29, 0.717) is 21.5 Å². The van der Waals surface area contributed by atoms with Crippen LogP contribution in [0.2, 0.25) is 0 Å². The van der Waals surface area contributed by atoms with Crippen molar-refractivity contribution < 1.29 is 9.62 Å². The van der Waals surface area contributed by atoms with Gasteiger partial charge in [0.05, 0.1) is 17.5 Å². The number of nitrogens with two attached hydrogens (primary N) is 1. The first-order valence-electron chi connectivity index (χ1n) is 5.02. The van der Waals surface area contributed by atoms with Gasteiger partial charge in [-0.05, 0) is 31.2 Å². The summed E-state index contributed by atoms with van der Waals surface area (Å²) in [6.07, 6.45) is 2.99. The molecule has 0 unspecified atom stereocenters. The molecule has 7 nitrogen and oxygen atoms in total. The van der Waals surface area contributed by atoms with E-state index in [1.54, 1.807) is 6.92 Å². The second-order valence-electron chi connectivity index (χ2n) is 3.48. The van der Waals surface area contributed by atoms with Crippen molar-refractivity contribution in [2.75, 3.05) is 0 Å². The normalized spacial score (nSPS) is 11.8. The van der Waals surface area contributed by atoms with Crippen LogP contribution in [0.4, 0.5) is 0 Å². The van der Waals surface area contributed by atoms with Crippen molar-refractivity contribution in [3.63, 3.8) is 0 Å². The fraction of sp³-hybridized carbons (Fsp3) is 0.200. The number of aryl methyl sites for hydroxylation is 1. The van der Waals surface area contributed by atoms with Crippen molar-refractivity contribution in [1.82, 2.24) is 15.2 Å². The Morgan fingerprint density at radius 2 is 2.22 bits per heavy atom. The summed E-state index contributed by atoms with van der Waals surface area (Å²) in [5.41, 5.74) is 7.71. The first-order valence-corrected chi connectivity index (χ1v) is 5.84. The van der Waals surface area contributed by atoms with Crippen LogP contribution in [-0.2, 0) is 0 Å². The number of hydrogen-bond donors (Lipinski definition) is 2. The Labute approximate surface area is 107 Å². The van der Waals surface area contributed by atoms with E-state index in [2.05, 4.69) is 20.3 Å². The van der Waals surface area contributed by atoms with Crippen molar-refractivity contribution in [1.29, 1.82) is 0 Å². The van der Waals surface area contributed by atoms with Crippen molar-refractivity contribution in [3.8, 4) is 0 Å². The molecule has 8 heteroatoms. The predicted octanol–water partition coefficient (Wildman–Crippen LogP) is 1.33. The van der Waals surface area contributed by atoms with Crippen LogP contribution in [0.25, 0.3) is 0 Å². The lowest BCUT2D eigenvalue weighted by molar-refractivity contribution is 0.318. The molecule has 0 aliphatic heterocycles. The molecule has 0 aliphatic carbocycles. The Kier molecular flexibility index (Phi) is 3.47. The van der Waals surface area contributed by atoms with Crippen LogP contribution < -0.4 is 5.73 Å². The van der Waals surface area contributed by atoms with Gasteiger partial charge in [0.25, 0.3) is 5.22 Å². The number of aromatic nitrogens is 3. The molecule has 0 spiro atoms. The van der Waals surface area contributed by atoms with Crippen LogP contribution in [-0.4, -0.2) is 26.2 Å². The third-order valence-corrected chi connectivity index (χ3v) is 3.24. The molecule has 0 saturated heterocycles. The molecular weight excluding hydrogens is 254 g/mol. The minimum absolute atomic E-state index is 0.0143. The van der Waals surface area contributed by atoms with E-state index in [0.717, 1.165) is 17.3 Å². The third-order valence-electron chi connectivity index (χ3n) is 2.38.